The number of nitro groups is 1. The van der Waals surface area contributed by atoms with Crippen molar-refractivity contribution in [1.82, 2.24) is 0 Å². The van der Waals surface area contributed by atoms with Crippen molar-refractivity contribution in [2.75, 3.05) is 6.61 Å². The SMILES string of the molecule is C=CCO/C=C/c1cc(Cl)ccc1[N+](=O)[O-]. The molecule has 0 aliphatic heterocycles. The Hall–Kier alpha value is -1.81. The third-order valence-electron chi connectivity index (χ3n) is 1.74. The first-order valence-corrected chi connectivity index (χ1v) is 4.86. The van der Waals surface area contributed by atoms with Gasteiger partial charge in [-0.05, 0) is 18.2 Å². The van der Waals surface area contributed by atoms with Crippen LogP contribution in [0.4, 0.5) is 5.69 Å². The Labute approximate surface area is 97.9 Å². The second-order valence-corrected chi connectivity index (χ2v) is 3.32. The summed E-state index contributed by atoms with van der Waals surface area (Å²) >= 11 is 5.75. The third kappa shape index (κ3) is 3.40. The molecule has 0 amide bonds. The van der Waals surface area contributed by atoms with Crippen molar-refractivity contribution in [2.45, 2.75) is 0 Å². The Balaban J connectivity index is 2.92. The summed E-state index contributed by atoms with van der Waals surface area (Å²) in [5.41, 5.74) is 0.393. The number of halogens is 1. The number of hydrogen-bond donors (Lipinski definition) is 0. The molecule has 0 unspecified atom stereocenters. The van der Waals surface area contributed by atoms with Crippen molar-refractivity contribution in [3.63, 3.8) is 0 Å². The minimum Gasteiger partial charge on any atom is -0.497 e. The van der Waals surface area contributed by atoms with E-state index in [2.05, 4.69) is 6.58 Å². The number of nitrogens with zero attached hydrogens (tertiary/aromatic N) is 1. The molecule has 0 aliphatic carbocycles. The second-order valence-electron chi connectivity index (χ2n) is 2.89. The Kier molecular flexibility index (Phi) is 4.54. The Morgan fingerprint density at radius 1 is 1.56 bits per heavy atom. The largest absolute Gasteiger partial charge is 0.497 e. The summed E-state index contributed by atoms with van der Waals surface area (Å²) < 4.78 is 5.00. The van der Waals surface area contributed by atoms with Crippen molar-refractivity contribution in [1.29, 1.82) is 0 Å². The number of rotatable bonds is 5. The fourth-order valence-electron chi connectivity index (χ4n) is 1.07. The Morgan fingerprint density at radius 3 is 2.94 bits per heavy atom. The van der Waals surface area contributed by atoms with Gasteiger partial charge >= 0.3 is 0 Å². The van der Waals surface area contributed by atoms with Crippen LogP contribution in [-0.4, -0.2) is 11.5 Å². The molecule has 0 fully saturated rings. The molecular formula is C11H10ClNO3. The monoisotopic (exact) mass is 239 g/mol. The maximum Gasteiger partial charge on any atom is 0.276 e. The molecule has 1 aromatic carbocycles. The molecule has 0 aliphatic rings. The van der Waals surface area contributed by atoms with Crippen LogP contribution in [0, 0.1) is 10.1 Å². The first kappa shape index (κ1) is 12.3. The Morgan fingerprint density at radius 2 is 2.31 bits per heavy atom. The highest BCUT2D eigenvalue weighted by atomic mass is 35.5. The summed E-state index contributed by atoms with van der Waals surface area (Å²) in [6.07, 6.45) is 4.45. The van der Waals surface area contributed by atoms with Gasteiger partial charge in [0, 0.05) is 11.1 Å². The van der Waals surface area contributed by atoms with Crippen LogP contribution in [0.5, 0.6) is 0 Å². The molecule has 5 heteroatoms. The topological polar surface area (TPSA) is 52.4 Å². The quantitative estimate of drug-likeness (QED) is 0.260. The maximum absolute atomic E-state index is 10.7. The van der Waals surface area contributed by atoms with Gasteiger partial charge in [0.1, 0.15) is 6.61 Å². The van der Waals surface area contributed by atoms with Gasteiger partial charge in [-0.15, -0.1) is 0 Å². The highest BCUT2D eigenvalue weighted by Gasteiger charge is 2.11. The molecular weight excluding hydrogens is 230 g/mol. The van der Waals surface area contributed by atoms with E-state index in [0.29, 0.717) is 17.2 Å². The number of nitro benzene ring substituents is 1. The summed E-state index contributed by atoms with van der Waals surface area (Å²) in [5.74, 6) is 0. The zero-order valence-corrected chi connectivity index (χ0v) is 9.18. The maximum atomic E-state index is 10.7. The zero-order chi connectivity index (χ0) is 12.0. The van der Waals surface area contributed by atoms with Crippen molar-refractivity contribution in [3.05, 3.63) is 57.8 Å². The van der Waals surface area contributed by atoms with E-state index < -0.39 is 4.92 Å². The molecule has 16 heavy (non-hydrogen) atoms. The predicted molar refractivity (Wildman–Crippen MR) is 63.3 cm³/mol. The fourth-order valence-corrected chi connectivity index (χ4v) is 1.25. The lowest BCUT2D eigenvalue weighted by molar-refractivity contribution is -0.385. The summed E-state index contributed by atoms with van der Waals surface area (Å²) in [6.45, 7) is 3.83. The van der Waals surface area contributed by atoms with Crippen LogP contribution in [-0.2, 0) is 4.74 Å². The third-order valence-corrected chi connectivity index (χ3v) is 1.98. The summed E-state index contributed by atoms with van der Waals surface area (Å²) in [5, 5.41) is 11.1. The Bertz CT molecular complexity index is 429. The molecule has 0 N–H and O–H groups in total. The van der Waals surface area contributed by atoms with E-state index in [9.17, 15) is 10.1 Å². The predicted octanol–water partition coefficient (Wildman–Crippen LogP) is 3.42. The van der Waals surface area contributed by atoms with Gasteiger partial charge in [0.2, 0.25) is 0 Å². The molecule has 1 aromatic rings. The standard InChI is InChI=1S/C11H10ClNO3/c1-2-6-16-7-5-9-8-10(12)3-4-11(9)13(14)15/h2-5,7-8H,1,6H2/b7-5+. The van der Waals surface area contributed by atoms with E-state index in [1.54, 1.807) is 6.08 Å². The van der Waals surface area contributed by atoms with E-state index in [1.165, 1.54) is 30.5 Å². The van der Waals surface area contributed by atoms with Gasteiger partial charge in [-0.3, -0.25) is 10.1 Å². The summed E-state index contributed by atoms with van der Waals surface area (Å²) in [4.78, 5) is 10.2. The first-order valence-electron chi connectivity index (χ1n) is 4.48. The van der Waals surface area contributed by atoms with Crippen molar-refractivity contribution >= 4 is 23.4 Å². The second kappa shape index (κ2) is 5.92. The summed E-state index contributed by atoms with van der Waals surface area (Å²) in [7, 11) is 0. The lowest BCUT2D eigenvalue weighted by Gasteiger charge is -1.98. The molecule has 84 valence electrons. The molecule has 0 aromatic heterocycles. The van der Waals surface area contributed by atoms with E-state index >= 15 is 0 Å². The normalized spacial score (nSPS) is 10.3. The highest BCUT2D eigenvalue weighted by molar-refractivity contribution is 6.30. The molecule has 0 saturated carbocycles. The van der Waals surface area contributed by atoms with Crippen LogP contribution in [0.25, 0.3) is 6.08 Å². The fraction of sp³-hybridized carbons (Fsp3) is 0.0909. The van der Waals surface area contributed by atoms with Crippen LogP contribution in [0.2, 0.25) is 5.02 Å². The minimum atomic E-state index is -0.469. The van der Waals surface area contributed by atoms with Crippen LogP contribution < -0.4 is 0 Å². The molecule has 0 saturated heterocycles. The molecule has 0 bridgehead atoms. The highest BCUT2D eigenvalue weighted by Crippen LogP contribution is 2.23. The van der Waals surface area contributed by atoms with Gasteiger partial charge < -0.3 is 4.74 Å². The lowest BCUT2D eigenvalue weighted by Crippen LogP contribution is -1.91. The minimum absolute atomic E-state index is 0.0112. The van der Waals surface area contributed by atoms with Crippen LogP contribution in [0.3, 0.4) is 0 Å². The van der Waals surface area contributed by atoms with Crippen LogP contribution in [0.15, 0.2) is 37.1 Å². The van der Waals surface area contributed by atoms with E-state index in [1.807, 2.05) is 0 Å². The molecule has 1 rings (SSSR count). The van der Waals surface area contributed by atoms with Crippen molar-refractivity contribution in [2.24, 2.45) is 0 Å². The number of ether oxygens (including phenoxy) is 1. The molecule has 0 heterocycles. The molecule has 0 atom stereocenters. The summed E-state index contributed by atoms with van der Waals surface area (Å²) in [6, 6.07) is 4.34. The number of benzene rings is 1. The van der Waals surface area contributed by atoms with Gasteiger partial charge in [-0.1, -0.05) is 24.3 Å². The van der Waals surface area contributed by atoms with Gasteiger partial charge in [0.15, 0.2) is 0 Å². The van der Waals surface area contributed by atoms with Crippen LogP contribution >= 0.6 is 11.6 Å². The first-order chi connectivity index (χ1) is 7.65. The van der Waals surface area contributed by atoms with Gasteiger partial charge in [-0.25, -0.2) is 0 Å². The van der Waals surface area contributed by atoms with E-state index in [4.69, 9.17) is 16.3 Å². The lowest BCUT2D eigenvalue weighted by atomic mass is 10.2. The van der Waals surface area contributed by atoms with Crippen LogP contribution in [0.1, 0.15) is 5.56 Å². The average molecular weight is 240 g/mol. The average Bonchev–Trinajstić information content (AvgIpc) is 2.24. The van der Waals surface area contributed by atoms with Crippen molar-refractivity contribution in [3.8, 4) is 0 Å². The molecule has 0 spiro atoms. The van der Waals surface area contributed by atoms with Gasteiger partial charge in [-0.2, -0.15) is 0 Å². The van der Waals surface area contributed by atoms with Gasteiger partial charge in [0.05, 0.1) is 16.7 Å². The zero-order valence-electron chi connectivity index (χ0n) is 8.43. The molecule has 0 radical (unpaired) electrons. The van der Waals surface area contributed by atoms with Crippen molar-refractivity contribution < 1.29 is 9.66 Å². The van der Waals surface area contributed by atoms with Gasteiger partial charge in [0.25, 0.3) is 5.69 Å². The number of hydrogen-bond acceptors (Lipinski definition) is 3. The smallest absolute Gasteiger partial charge is 0.276 e. The van der Waals surface area contributed by atoms with E-state index in [0.717, 1.165) is 0 Å². The molecule has 4 nitrogen and oxygen atoms in total. The van der Waals surface area contributed by atoms with E-state index in [-0.39, 0.29) is 5.69 Å².